The summed E-state index contributed by atoms with van der Waals surface area (Å²) in [6.45, 7) is 7.12. The van der Waals surface area contributed by atoms with Gasteiger partial charge in [-0.2, -0.15) is 23.5 Å². The molecular formula is C71H105N17O18S2. The van der Waals surface area contributed by atoms with Crippen molar-refractivity contribution in [1.29, 1.82) is 0 Å². The van der Waals surface area contributed by atoms with Gasteiger partial charge in [-0.15, -0.1) is 0 Å². The topological polar surface area (TPSA) is 554 Å². The number of aromatic nitrogens is 1. The van der Waals surface area contributed by atoms with Crippen molar-refractivity contribution in [2.24, 2.45) is 39.0 Å². The summed E-state index contributed by atoms with van der Waals surface area (Å²) in [4.78, 5) is 207. The molecule has 3 aromatic rings. The number of aromatic amines is 1. The normalized spacial score (nSPS) is 23.5. The molecule has 11 atom stereocenters. The Kier molecular flexibility index (Phi) is 37.8. The SMILES string of the molecule is CCCC[C@@H]1NC(=O)[C@@H]2CCCN2C(=O)[C@H](C)NC(=O)[C@H](CCCN=C(N)N)NC(=O)C=NOCCCCCCOc2cc(CSC)cc(c2)CSC[C@@H](C(N)=O)NC(=O)[C@H](CCC(=O)O)NC(=O)[C@H](CCC(N)=O)NC(=O)[C@H](Cc2c[nH]c3ccccc23)NC(=O)[C@H]([C@@H](C)CC)NC(=O)[C@H](CC(=O)O)NC1=O. The Morgan fingerprint density at radius 1 is 0.685 bits per heavy atom. The lowest BCUT2D eigenvalue weighted by molar-refractivity contribution is -0.143. The number of rotatable bonds is 22. The van der Waals surface area contributed by atoms with E-state index in [2.05, 4.69) is 63.0 Å². The van der Waals surface area contributed by atoms with Gasteiger partial charge in [0.2, 0.25) is 65.0 Å². The Labute approximate surface area is 634 Å². The van der Waals surface area contributed by atoms with Crippen LogP contribution in [0.5, 0.6) is 5.75 Å². The van der Waals surface area contributed by atoms with E-state index in [0.29, 0.717) is 78.9 Å². The van der Waals surface area contributed by atoms with Crippen molar-refractivity contribution < 1.29 is 86.9 Å². The summed E-state index contributed by atoms with van der Waals surface area (Å²) in [6.07, 6.45) is 5.19. The number of para-hydroxylation sites is 1. The van der Waals surface area contributed by atoms with Crippen LogP contribution >= 0.6 is 23.5 Å². The van der Waals surface area contributed by atoms with Crippen LogP contribution in [-0.4, -0.2) is 214 Å². The summed E-state index contributed by atoms with van der Waals surface area (Å²) in [5.74, 6) is -13.6. The highest BCUT2D eigenvalue weighted by atomic mass is 32.2. The lowest BCUT2D eigenvalue weighted by Crippen LogP contribution is -2.61. The summed E-state index contributed by atoms with van der Waals surface area (Å²) in [5.41, 5.74) is 25.3. The third-order valence-electron chi connectivity index (χ3n) is 17.9. The number of aliphatic imine (C=N–C) groups is 1. The Hall–Kier alpha value is -10.2. The second-order valence-electron chi connectivity index (χ2n) is 26.6. The molecule has 0 saturated carbocycles. The number of carboxylic acids is 2. The van der Waals surface area contributed by atoms with Crippen LogP contribution in [0.1, 0.15) is 154 Å². The molecule has 108 heavy (non-hydrogen) atoms. The third kappa shape index (κ3) is 30.2. The fraction of sp³-hybridized carbons (Fsp3) is 0.577. The minimum absolute atomic E-state index is 0.0116. The number of H-pyrrole nitrogens is 1. The summed E-state index contributed by atoms with van der Waals surface area (Å²) < 4.78 is 6.17. The maximum absolute atomic E-state index is 14.9. The highest BCUT2D eigenvalue weighted by Gasteiger charge is 2.41. The highest BCUT2D eigenvalue weighted by Crippen LogP contribution is 2.26. The number of benzene rings is 2. The van der Waals surface area contributed by atoms with Gasteiger partial charge in [-0.1, -0.05) is 69.5 Å². The zero-order chi connectivity index (χ0) is 79.4. The number of nitrogens with zero attached hydrogens (tertiary/aromatic N) is 3. The van der Waals surface area contributed by atoms with E-state index in [0.717, 1.165) is 23.8 Å². The van der Waals surface area contributed by atoms with Gasteiger partial charge in [0.1, 0.15) is 79.0 Å². The maximum atomic E-state index is 14.9. The number of unbranched alkanes of at least 4 members (excludes halogenated alkanes) is 1. The number of carboxylic acid groups (broad SMARTS) is 2. The Morgan fingerprint density at radius 3 is 1.95 bits per heavy atom. The molecule has 12 amide bonds. The van der Waals surface area contributed by atoms with Crippen molar-refractivity contribution in [2.75, 3.05) is 38.3 Å². The maximum Gasteiger partial charge on any atom is 0.305 e. The number of fused-ring (bicyclic) bond motifs is 4. The van der Waals surface area contributed by atoms with E-state index in [1.165, 1.54) is 23.6 Å². The molecule has 1 saturated heterocycles. The van der Waals surface area contributed by atoms with Crippen molar-refractivity contribution in [3.8, 4) is 5.75 Å². The number of thioether (sulfide) groups is 2. The number of ether oxygens (including phenoxy) is 1. The Morgan fingerprint density at radius 2 is 1.30 bits per heavy atom. The lowest BCUT2D eigenvalue weighted by atomic mass is 9.96. The number of carbonyl (C=O) groups is 14. The van der Waals surface area contributed by atoms with Gasteiger partial charge in [-0.3, -0.25) is 72.1 Å². The van der Waals surface area contributed by atoms with Gasteiger partial charge < -0.3 is 100 Å². The van der Waals surface area contributed by atoms with Gasteiger partial charge in [0.15, 0.2) is 5.96 Å². The Bertz CT molecular complexity index is 3670. The molecule has 0 radical (unpaired) electrons. The molecule has 3 heterocycles. The molecular weight excluding hydrogens is 1440 g/mol. The lowest BCUT2D eigenvalue weighted by Gasteiger charge is -2.30. The zero-order valence-corrected chi connectivity index (χ0v) is 63.3. The summed E-state index contributed by atoms with van der Waals surface area (Å²) in [7, 11) is 0. The van der Waals surface area contributed by atoms with E-state index in [4.69, 9.17) is 32.5 Å². The molecule has 1 aromatic heterocycles. The van der Waals surface area contributed by atoms with E-state index in [-0.39, 0.29) is 69.9 Å². The Balaban J connectivity index is 1.50. The number of hydrogen-bond acceptors (Lipinski definition) is 20. The molecule has 35 nitrogen and oxygen atoms in total. The van der Waals surface area contributed by atoms with Gasteiger partial charge >= 0.3 is 11.9 Å². The summed E-state index contributed by atoms with van der Waals surface area (Å²) >= 11 is 2.82. The number of guanidine groups is 1. The van der Waals surface area contributed by atoms with Crippen molar-refractivity contribution in [3.63, 3.8) is 0 Å². The average molecular weight is 1550 g/mol. The van der Waals surface area contributed by atoms with Crippen LogP contribution in [0, 0.1) is 5.92 Å². The number of oxime groups is 1. The smallest absolute Gasteiger partial charge is 0.305 e. The van der Waals surface area contributed by atoms with Crippen LogP contribution in [0.25, 0.3) is 10.9 Å². The molecule has 0 aliphatic carbocycles. The first-order chi connectivity index (χ1) is 51.5. The highest BCUT2D eigenvalue weighted by molar-refractivity contribution is 7.98. The molecule has 20 N–H and O–H groups in total. The molecule has 1 fully saturated rings. The second kappa shape index (κ2) is 46.1. The number of nitrogens with two attached hydrogens (primary N) is 4. The molecule has 2 aliphatic heterocycles. The first-order valence-corrected chi connectivity index (χ1v) is 38.7. The number of amides is 12. The quantitative estimate of drug-likeness (QED) is 0.0363. The fourth-order valence-corrected chi connectivity index (χ4v) is 13.5. The molecule has 0 unspecified atom stereocenters. The summed E-state index contributed by atoms with van der Waals surface area (Å²) in [5, 5.41) is 47.4. The monoisotopic (exact) mass is 1550 g/mol. The van der Waals surface area contributed by atoms with Crippen molar-refractivity contribution in [1.82, 2.24) is 57.7 Å². The minimum atomic E-state index is -1.90. The predicted molar refractivity (Wildman–Crippen MR) is 404 cm³/mol. The standard InChI is InChI=1S/C71H105N17O18S2/c1-6-8-18-49-63(97)84-53(34-59(93)94)67(101)87-60(40(3)7-2)69(103)85-52(33-44-35-77-47-19-12-11-17-46(44)47)66(100)82-50(22-24-56(72)89)64(98)81-51(23-25-58(91)92)65(99)86-54(61(73)95)39-108-38-43-30-42(37-107-5)31-45(32-43)105-28-13-9-10-14-29-106-78-36-57(90)80-48(20-15-26-76-71(74)75)62(96)79-41(4)70(104)88-27-16-21-55(88)68(102)83-49/h11-12,17,19,30-32,35-36,40-41,48-55,60,77H,6-10,13-16,18,20-29,33-34,37-39H2,1-5H3,(H2,72,89)(H2,73,95)(H,79,96)(H,80,90)(H,81,98)(H,82,100)(H,83,102)(H,84,97)(H,85,103)(H,86,99)(H,87,101)(H,91,92)(H,93,94)(H4,74,75,76)/t40-,41-,48-,49-,50-,51-,52-,53-,54-,55-,60-/m0/s1. The van der Waals surface area contributed by atoms with Crippen molar-refractivity contribution in [2.45, 2.75) is 215 Å². The van der Waals surface area contributed by atoms with E-state index in [1.807, 2.05) is 24.5 Å². The van der Waals surface area contributed by atoms with Crippen molar-refractivity contribution >= 4 is 129 Å². The number of hydrogen-bond donors (Lipinski definition) is 16. The van der Waals surface area contributed by atoms with Gasteiger partial charge in [0.25, 0.3) is 5.91 Å². The largest absolute Gasteiger partial charge is 0.494 e. The van der Waals surface area contributed by atoms with E-state index < -0.39 is 181 Å². The minimum Gasteiger partial charge on any atom is -0.494 e. The van der Waals surface area contributed by atoms with Gasteiger partial charge in [-0.25, -0.2) is 0 Å². The first kappa shape index (κ1) is 88.4. The van der Waals surface area contributed by atoms with Crippen LogP contribution in [-0.2, 0) is 89.9 Å². The van der Waals surface area contributed by atoms with Gasteiger partial charge in [0.05, 0.1) is 13.0 Å². The predicted octanol–water partition coefficient (Wildman–Crippen LogP) is 0.216. The molecule has 0 spiro atoms. The second-order valence-corrected chi connectivity index (χ2v) is 28.5. The van der Waals surface area contributed by atoms with Crippen molar-refractivity contribution in [3.05, 3.63) is 65.4 Å². The van der Waals surface area contributed by atoms with Crippen LogP contribution in [0.2, 0.25) is 0 Å². The molecule has 5 rings (SSSR count). The van der Waals surface area contributed by atoms with E-state index >= 15 is 0 Å². The van der Waals surface area contributed by atoms with Crippen LogP contribution in [0.4, 0.5) is 0 Å². The van der Waals surface area contributed by atoms with E-state index in [1.54, 1.807) is 63.0 Å². The molecule has 37 heteroatoms. The molecule has 2 aromatic carbocycles. The van der Waals surface area contributed by atoms with Gasteiger partial charge in [-0.05, 0) is 125 Å². The molecule has 2 bridgehead atoms. The third-order valence-corrected chi connectivity index (χ3v) is 19.7. The number of carbonyl (C=O) groups excluding carboxylic acids is 12. The average Bonchev–Trinajstić information content (AvgIpc) is 1.64. The van der Waals surface area contributed by atoms with Crippen LogP contribution < -0.4 is 75.5 Å². The first-order valence-electron chi connectivity index (χ1n) is 36.2. The van der Waals surface area contributed by atoms with Gasteiger partial charge in [0, 0.05) is 66.7 Å². The zero-order valence-electron chi connectivity index (χ0n) is 61.6. The number of nitrogens with one attached hydrogen (secondary N) is 10. The van der Waals surface area contributed by atoms with Crippen LogP contribution in [0.3, 0.4) is 0 Å². The fourth-order valence-electron chi connectivity index (χ4n) is 12.0. The molecule has 594 valence electrons. The number of aliphatic carboxylic acids is 2. The van der Waals surface area contributed by atoms with E-state index in [9.17, 15) is 77.3 Å². The summed E-state index contributed by atoms with van der Waals surface area (Å²) in [6, 6.07) is -2.28. The van der Waals surface area contributed by atoms with Crippen LogP contribution in [0.15, 0.2) is 58.8 Å². The number of primary amides is 2. The molecule has 2 aliphatic rings.